The van der Waals surface area contributed by atoms with Crippen LogP contribution in [0, 0.1) is 0 Å². The Kier molecular flexibility index (Phi) is 3.03. The van der Waals surface area contributed by atoms with Crippen LogP contribution in [0.2, 0.25) is 0 Å². The van der Waals surface area contributed by atoms with Crippen LogP contribution in [0.4, 0.5) is 0 Å². The lowest BCUT2D eigenvalue weighted by Crippen LogP contribution is -2.36. The molecule has 3 nitrogen and oxygen atoms in total. The average Bonchev–Trinajstić information content (AvgIpc) is 2.39. The van der Waals surface area contributed by atoms with Gasteiger partial charge in [0.2, 0.25) is 0 Å². The fourth-order valence-corrected chi connectivity index (χ4v) is 2.89. The van der Waals surface area contributed by atoms with Crippen molar-refractivity contribution in [1.29, 1.82) is 0 Å². The first-order valence-corrected chi connectivity index (χ1v) is 6.61. The van der Waals surface area contributed by atoms with Gasteiger partial charge in [-0.3, -0.25) is 4.79 Å². The first-order valence-electron chi connectivity index (χ1n) is 6.61. The molecular formula is C16H18O3. The van der Waals surface area contributed by atoms with E-state index in [0.29, 0.717) is 0 Å². The van der Waals surface area contributed by atoms with Gasteiger partial charge in [-0.15, -0.1) is 0 Å². The molecule has 0 unspecified atom stereocenters. The van der Waals surface area contributed by atoms with Crippen molar-refractivity contribution >= 4 is 11.9 Å². The second-order valence-electron chi connectivity index (χ2n) is 5.86. The first kappa shape index (κ1) is 12.6. The molecule has 2 aliphatic rings. The van der Waals surface area contributed by atoms with Gasteiger partial charge in [0.15, 0.2) is 12.1 Å². The molecule has 1 aliphatic heterocycles. The molecule has 0 amide bonds. The van der Waals surface area contributed by atoms with Crippen molar-refractivity contribution in [2.24, 2.45) is 0 Å². The van der Waals surface area contributed by atoms with Crippen molar-refractivity contribution in [3.05, 3.63) is 41.0 Å². The van der Waals surface area contributed by atoms with Crippen molar-refractivity contribution in [2.75, 3.05) is 13.2 Å². The molecule has 100 valence electrons. The van der Waals surface area contributed by atoms with Crippen LogP contribution in [-0.2, 0) is 19.7 Å². The Hall–Kier alpha value is -1.45. The van der Waals surface area contributed by atoms with Crippen molar-refractivity contribution in [3.8, 4) is 0 Å². The molecule has 1 aliphatic carbocycles. The number of hydrogen-bond donors (Lipinski definition) is 0. The molecule has 1 saturated heterocycles. The Morgan fingerprint density at radius 1 is 1.16 bits per heavy atom. The van der Waals surface area contributed by atoms with E-state index in [2.05, 4.69) is 38.1 Å². The molecule has 0 bridgehead atoms. The number of hydrogen-bond acceptors (Lipinski definition) is 3. The van der Waals surface area contributed by atoms with Crippen molar-refractivity contribution in [2.45, 2.75) is 32.0 Å². The van der Waals surface area contributed by atoms with Gasteiger partial charge < -0.3 is 9.47 Å². The highest BCUT2D eigenvalue weighted by Gasteiger charge is 2.33. The Morgan fingerprint density at radius 2 is 1.84 bits per heavy atom. The molecule has 19 heavy (non-hydrogen) atoms. The van der Waals surface area contributed by atoms with E-state index in [9.17, 15) is 4.79 Å². The minimum atomic E-state index is -0.370. The maximum atomic E-state index is 11.1. The van der Waals surface area contributed by atoms with Crippen LogP contribution in [0.5, 0.6) is 0 Å². The number of ether oxygens (including phenoxy) is 2. The topological polar surface area (TPSA) is 35.5 Å². The van der Waals surface area contributed by atoms with Gasteiger partial charge in [-0.25, -0.2) is 0 Å². The summed E-state index contributed by atoms with van der Waals surface area (Å²) in [5, 5.41) is 0. The molecular weight excluding hydrogens is 240 g/mol. The van der Waals surface area contributed by atoms with E-state index in [1.165, 1.54) is 11.1 Å². The van der Waals surface area contributed by atoms with Crippen molar-refractivity contribution in [1.82, 2.24) is 0 Å². The maximum Gasteiger partial charge on any atom is 0.184 e. The number of carbonyl (C=O) groups excluding carboxylic acids is 1. The van der Waals surface area contributed by atoms with Gasteiger partial charge in [-0.2, -0.15) is 0 Å². The molecule has 1 aromatic rings. The molecule has 1 fully saturated rings. The molecule has 0 aromatic heterocycles. The monoisotopic (exact) mass is 258 g/mol. The third-order valence-corrected chi connectivity index (χ3v) is 3.77. The molecule has 3 heteroatoms. The quantitative estimate of drug-likeness (QED) is 0.777. The summed E-state index contributed by atoms with van der Waals surface area (Å²) >= 11 is 0. The van der Waals surface area contributed by atoms with Gasteiger partial charge >= 0.3 is 0 Å². The van der Waals surface area contributed by atoms with E-state index < -0.39 is 0 Å². The van der Waals surface area contributed by atoms with Crippen LogP contribution in [0.25, 0.3) is 6.08 Å². The molecule has 0 N–H and O–H groups in total. The highest BCUT2D eigenvalue weighted by Crippen LogP contribution is 2.40. The molecule has 3 rings (SSSR count). The first-order chi connectivity index (χ1) is 9.06. The number of benzene rings is 1. The zero-order valence-electron chi connectivity index (χ0n) is 11.3. The Labute approximate surface area is 113 Å². The fourth-order valence-electron chi connectivity index (χ4n) is 2.89. The predicted molar refractivity (Wildman–Crippen MR) is 72.8 cm³/mol. The lowest BCUT2D eigenvalue weighted by Gasteiger charge is -2.36. The summed E-state index contributed by atoms with van der Waals surface area (Å²) in [4.78, 5) is 11.1. The summed E-state index contributed by atoms with van der Waals surface area (Å²) in [7, 11) is 0. The van der Waals surface area contributed by atoms with E-state index in [1.54, 1.807) is 0 Å². The molecule has 1 aromatic carbocycles. The van der Waals surface area contributed by atoms with Crippen LogP contribution in [0.15, 0.2) is 29.8 Å². The van der Waals surface area contributed by atoms with Crippen LogP contribution < -0.4 is 0 Å². The predicted octanol–water partition coefficient (Wildman–Crippen LogP) is 2.69. The van der Waals surface area contributed by atoms with Gasteiger partial charge in [-0.1, -0.05) is 44.2 Å². The van der Waals surface area contributed by atoms with E-state index in [-0.39, 0.29) is 30.7 Å². The third kappa shape index (κ3) is 2.36. The standard InChI is InChI=1S/C16H18O3/c1-16(2)8-12(15-18-9-13(17)10-19-15)7-11-5-3-4-6-14(11)16/h3-7,15H,8-10H2,1-2H3. The second-order valence-corrected chi connectivity index (χ2v) is 5.86. The number of fused-ring (bicyclic) bond motifs is 1. The minimum Gasteiger partial charge on any atom is -0.341 e. The Morgan fingerprint density at radius 3 is 2.58 bits per heavy atom. The molecule has 0 spiro atoms. The SMILES string of the molecule is CC1(C)CC(C2OCC(=O)CO2)=Cc2ccccc21. The van der Waals surface area contributed by atoms with Crippen LogP contribution >= 0.6 is 0 Å². The summed E-state index contributed by atoms with van der Waals surface area (Å²) in [6.07, 6.45) is 2.66. The highest BCUT2D eigenvalue weighted by atomic mass is 16.7. The van der Waals surface area contributed by atoms with Crippen LogP contribution in [-0.4, -0.2) is 25.3 Å². The summed E-state index contributed by atoms with van der Waals surface area (Å²) < 4.78 is 11.0. The van der Waals surface area contributed by atoms with E-state index in [0.717, 1.165) is 12.0 Å². The van der Waals surface area contributed by atoms with E-state index >= 15 is 0 Å². The fraction of sp³-hybridized carbons (Fsp3) is 0.438. The average molecular weight is 258 g/mol. The number of carbonyl (C=O) groups is 1. The maximum absolute atomic E-state index is 11.1. The molecule has 0 saturated carbocycles. The third-order valence-electron chi connectivity index (χ3n) is 3.77. The van der Waals surface area contributed by atoms with E-state index in [4.69, 9.17) is 9.47 Å². The number of rotatable bonds is 1. The van der Waals surface area contributed by atoms with Crippen molar-refractivity contribution < 1.29 is 14.3 Å². The minimum absolute atomic E-state index is 0.00678. The normalized spacial score (nSPS) is 22.8. The number of ketones is 1. The Bertz CT molecular complexity index is 533. The van der Waals surface area contributed by atoms with Crippen LogP contribution in [0.1, 0.15) is 31.4 Å². The largest absolute Gasteiger partial charge is 0.341 e. The van der Waals surface area contributed by atoms with Gasteiger partial charge in [0.1, 0.15) is 13.2 Å². The molecule has 0 atom stereocenters. The van der Waals surface area contributed by atoms with Gasteiger partial charge in [0.05, 0.1) is 0 Å². The van der Waals surface area contributed by atoms with Gasteiger partial charge in [-0.05, 0) is 28.5 Å². The second kappa shape index (κ2) is 4.58. The summed E-state index contributed by atoms with van der Waals surface area (Å²) in [6, 6.07) is 8.41. The zero-order chi connectivity index (χ0) is 13.5. The Balaban J connectivity index is 1.92. The summed E-state index contributed by atoms with van der Waals surface area (Å²) in [5.41, 5.74) is 3.76. The smallest absolute Gasteiger partial charge is 0.184 e. The molecule has 1 heterocycles. The van der Waals surface area contributed by atoms with E-state index in [1.807, 2.05) is 6.07 Å². The van der Waals surface area contributed by atoms with Crippen LogP contribution in [0.3, 0.4) is 0 Å². The highest BCUT2D eigenvalue weighted by molar-refractivity contribution is 5.81. The lowest BCUT2D eigenvalue weighted by molar-refractivity contribution is -0.174. The van der Waals surface area contributed by atoms with Crippen molar-refractivity contribution in [3.63, 3.8) is 0 Å². The lowest BCUT2D eigenvalue weighted by atomic mass is 9.73. The summed E-state index contributed by atoms with van der Waals surface area (Å²) in [5.74, 6) is 0.00678. The number of Topliss-reactive ketones (excluding diaryl/α,β-unsaturated/α-hetero) is 1. The zero-order valence-corrected chi connectivity index (χ0v) is 11.3. The summed E-state index contributed by atoms with van der Waals surface area (Å²) in [6.45, 7) is 4.77. The van der Waals surface area contributed by atoms with Gasteiger partial charge in [0, 0.05) is 0 Å². The van der Waals surface area contributed by atoms with Gasteiger partial charge in [0.25, 0.3) is 0 Å². The molecule has 0 radical (unpaired) electrons.